The second-order valence-electron chi connectivity index (χ2n) is 9.26. The molecule has 4 atom stereocenters. The standard InChI is InChI=1S/C24H27N3O7S2/c1-6-17(28)35-23(3)20(30)27-19(14-7-8-15-16(9-14)34-13-33-15)22(2,12-25)11-24(27,21(31)26(23)4)36-18(29)10-32-5/h7-9,19H,6,10-11,13H2,1-5H3/t19?,22-,23+,24+/m1/s1. The third-order valence-electron chi connectivity index (χ3n) is 6.87. The normalized spacial score (nSPS) is 30.8. The molecule has 3 heterocycles. The molecule has 36 heavy (non-hydrogen) atoms. The van der Waals surface area contributed by atoms with Gasteiger partial charge in [0, 0.05) is 27.0 Å². The van der Waals surface area contributed by atoms with Gasteiger partial charge in [0.15, 0.2) is 26.4 Å². The number of amides is 2. The molecule has 1 aromatic rings. The molecular formula is C24H27N3O7S2. The first-order valence-electron chi connectivity index (χ1n) is 11.3. The van der Waals surface area contributed by atoms with Crippen LogP contribution in [-0.2, 0) is 23.9 Å². The van der Waals surface area contributed by atoms with Gasteiger partial charge < -0.3 is 24.0 Å². The van der Waals surface area contributed by atoms with Crippen LogP contribution in [0.1, 0.15) is 45.2 Å². The zero-order chi connectivity index (χ0) is 26.5. The summed E-state index contributed by atoms with van der Waals surface area (Å²) in [7, 11) is 2.82. The zero-order valence-corrected chi connectivity index (χ0v) is 22.3. The molecule has 0 aliphatic carbocycles. The first-order chi connectivity index (χ1) is 17.0. The topological polar surface area (TPSA) is 126 Å². The first kappa shape index (κ1) is 26.3. The minimum Gasteiger partial charge on any atom is -0.454 e. The minimum atomic E-state index is -1.69. The van der Waals surface area contributed by atoms with Crippen LogP contribution in [-0.4, -0.2) is 69.1 Å². The molecule has 2 amide bonds. The molecule has 192 valence electrons. The van der Waals surface area contributed by atoms with Crippen molar-refractivity contribution in [3.05, 3.63) is 23.8 Å². The monoisotopic (exact) mass is 533 g/mol. The third kappa shape index (κ3) is 3.84. The summed E-state index contributed by atoms with van der Waals surface area (Å²) in [6.07, 6.45) is 0.0798. The molecule has 4 rings (SSSR count). The van der Waals surface area contributed by atoms with Crippen molar-refractivity contribution in [3.63, 3.8) is 0 Å². The van der Waals surface area contributed by atoms with Gasteiger partial charge in [0.2, 0.25) is 11.9 Å². The van der Waals surface area contributed by atoms with Crippen LogP contribution < -0.4 is 9.47 Å². The van der Waals surface area contributed by atoms with Gasteiger partial charge in [-0.15, -0.1) is 0 Å². The van der Waals surface area contributed by atoms with Crippen molar-refractivity contribution in [2.24, 2.45) is 5.41 Å². The van der Waals surface area contributed by atoms with Gasteiger partial charge in [-0.05, 0) is 55.1 Å². The summed E-state index contributed by atoms with van der Waals surface area (Å²) in [5.41, 5.74) is -0.685. The van der Waals surface area contributed by atoms with Crippen LogP contribution in [0.25, 0.3) is 0 Å². The lowest BCUT2D eigenvalue weighted by molar-refractivity contribution is -0.163. The van der Waals surface area contributed by atoms with Gasteiger partial charge in [0.05, 0.1) is 17.5 Å². The Bertz CT molecular complexity index is 1190. The van der Waals surface area contributed by atoms with E-state index < -0.39 is 38.1 Å². The smallest absolute Gasteiger partial charge is 0.261 e. The Morgan fingerprint density at radius 2 is 1.86 bits per heavy atom. The number of carbonyl (C=O) groups is 4. The van der Waals surface area contributed by atoms with Crippen molar-refractivity contribution < 1.29 is 33.4 Å². The maximum atomic E-state index is 14.3. The molecule has 1 unspecified atom stereocenters. The van der Waals surface area contributed by atoms with E-state index in [1.807, 2.05) is 0 Å². The molecular weight excluding hydrogens is 506 g/mol. The highest BCUT2D eigenvalue weighted by Gasteiger charge is 2.71. The van der Waals surface area contributed by atoms with Crippen LogP contribution in [0.4, 0.5) is 0 Å². The van der Waals surface area contributed by atoms with E-state index in [1.54, 1.807) is 32.0 Å². The van der Waals surface area contributed by atoms with Crippen molar-refractivity contribution in [3.8, 4) is 17.6 Å². The van der Waals surface area contributed by atoms with E-state index >= 15 is 0 Å². The van der Waals surface area contributed by atoms with E-state index in [1.165, 1.54) is 30.9 Å². The molecule has 0 bridgehead atoms. The number of hydrogen-bond acceptors (Lipinski definition) is 10. The second kappa shape index (κ2) is 9.28. The van der Waals surface area contributed by atoms with E-state index in [9.17, 15) is 24.4 Å². The molecule has 0 N–H and O–H groups in total. The average Bonchev–Trinajstić information content (AvgIpc) is 3.42. The molecule has 0 saturated carbocycles. The SMILES string of the molecule is CCC(=O)S[C@@]1(C)C(=O)N2C(c3ccc4c(c3)OCO4)[C@@](C)(C#N)C[C@]2(SC(=O)COC)C(=O)N1C. The number of ether oxygens (including phenoxy) is 3. The fourth-order valence-electron chi connectivity index (χ4n) is 5.03. The molecule has 0 spiro atoms. The lowest BCUT2D eigenvalue weighted by Gasteiger charge is -2.52. The average molecular weight is 534 g/mol. The highest BCUT2D eigenvalue weighted by atomic mass is 32.2. The maximum absolute atomic E-state index is 14.3. The Hall–Kier alpha value is -2.75. The number of nitrogens with zero attached hydrogens (tertiary/aromatic N) is 3. The number of thioether (sulfide) groups is 2. The van der Waals surface area contributed by atoms with Crippen molar-refractivity contribution in [1.82, 2.24) is 9.80 Å². The molecule has 3 aliphatic rings. The van der Waals surface area contributed by atoms with Crippen LogP contribution in [0.2, 0.25) is 0 Å². The predicted molar refractivity (Wildman–Crippen MR) is 132 cm³/mol. The van der Waals surface area contributed by atoms with Gasteiger partial charge >= 0.3 is 0 Å². The summed E-state index contributed by atoms with van der Waals surface area (Å²) in [5, 5.41) is 9.64. The van der Waals surface area contributed by atoms with E-state index in [0.29, 0.717) is 28.8 Å². The van der Waals surface area contributed by atoms with Gasteiger partial charge in [-0.3, -0.25) is 19.2 Å². The van der Waals surface area contributed by atoms with Crippen molar-refractivity contribution >= 4 is 45.6 Å². The quantitative estimate of drug-likeness (QED) is 0.539. The minimum absolute atomic E-state index is 0.0457. The van der Waals surface area contributed by atoms with E-state index in [2.05, 4.69) is 6.07 Å². The van der Waals surface area contributed by atoms with Crippen molar-refractivity contribution in [1.29, 1.82) is 5.26 Å². The molecule has 12 heteroatoms. The fraction of sp³-hybridized carbons (Fsp3) is 0.542. The number of likely N-dealkylation sites (N-methyl/N-ethyl adjacent to an activating group) is 1. The molecule has 0 radical (unpaired) electrons. The number of benzene rings is 1. The lowest BCUT2D eigenvalue weighted by Crippen LogP contribution is -2.71. The van der Waals surface area contributed by atoms with Gasteiger partial charge in [-0.2, -0.15) is 5.26 Å². The van der Waals surface area contributed by atoms with Crippen LogP contribution in [0.3, 0.4) is 0 Å². The number of rotatable bonds is 6. The Morgan fingerprint density at radius 1 is 1.17 bits per heavy atom. The summed E-state index contributed by atoms with van der Waals surface area (Å²) in [6.45, 7) is 4.64. The van der Waals surface area contributed by atoms with Crippen molar-refractivity contribution in [2.45, 2.75) is 49.4 Å². The van der Waals surface area contributed by atoms with Gasteiger partial charge in [-0.1, -0.05) is 13.0 Å². The van der Waals surface area contributed by atoms with Crippen LogP contribution >= 0.6 is 23.5 Å². The number of piperazine rings is 1. The number of nitriles is 1. The predicted octanol–water partition coefficient (Wildman–Crippen LogP) is 2.68. The highest BCUT2D eigenvalue weighted by molar-refractivity contribution is 8.16. The summed E-state index contributed by atoms with van der Waals surface area (Å²) in [5.74, 6) is -0.0726. The Labute approximate surface area is 217 Å². The number of methoxy groups -OCH3 is 1. The largest absolute Gasteiger partial charge is 0.454 e. The van der Waals surface area contributed by atoms with Crippen LogP contribution in [0.5, 0.6) is 11.5 Å². The summed E-state index contributed by atoms with van der Waals surface area (Å²) < 4.78 is 15.9. The molecule has 2 fully saturated rings. The molecule has 0 aromatic heterocycles. The van der Waals surface area contributed by atoms with Crippen LogP contribution in [0.15, 0.2) is 18.2 Å². The van der Waals surface area contributed by atoms with E-state index in [0.717, 1.165) is 11.8 Å². The molecule has 10 nitrogen and oxygen atoms in total. The summed E-state index contributed by atoms with van der Waals surface area (Å²) >= 11 is 1.47. The Morgan fingerprint density at radius 3 is 2.50 bits per heavy atom. The Kier molecular flexibility index (Phi) is 6.79. The summed E-state index contributed by atoms with van der Waals surface area (Å²) in [4.78, 5) is 53.1. The zero-order valence-electron chi connectivity index (χ0n) is 20.7. The van der Waals surface area contributed by atoms with Gasteiger partial charge in [0.25, 0.3) is 11.8 Å². The maximum Gasteiger partial charge on any atom is 0.261 e. The van der Waals surface area contributed by atoms with Gasteiger partial charge in [0.1, 0.15) is 6.61 Å². The fourth-order valence-corrected chi connectivity index (χ4v) is 7.46. The Balaban J connectivity index is 1.93. The molecule has 2 saturated heterocycles. The number of hydrogen-bond donors (Lipinski definition) is 0. The van der Waals surface area contributed by atoms with E-state index in [-0.39, 0.29) is 31.4 Å². The van der Waals surface area contributed by atoms with Crippen molar-refractivity contribution in [2.75, 3.05) is 27.6 Å². The molecule has 1 aromatic carbocycles. The highest BCUT2D eigenvalue weighted by Crippen LogP contribution is 2.62. The van der Waals surface area contributed by atoms with Gasteiger partial charge in [-0.25, -0.2) is 0 Å². The molecule has 3 aliphatic heterocycles. The number of carbonyl (C=O) groups excluding carboxylic acids is 4. The third-order valence-corrected chi connectivity index (χ3v) is 9.43. The van der Waals surface area contributed by atoms with E-state index in [4.69, 9.17) is 14.2 Å². The summed E-state index contributed by atoms with van der Waals surface area (Å²) in [6, 6.07) is 6.52. The lowest BCUT2D eigenvalue weighted by atomic mass is 9.79. The number of fused-ring (bicyclic) bond motifs is 2. The van der Waals surface area contributed by atoms with Crippen LogP contribution in [0, 0.1) is 16.7 Å². The second-order valence-corrected chi connectivity index (χ2v) is 12.1. The first-order valence-corrected chi connectivity index (χ1v) is 13.0.